The lowest BCUT2D eigenvalue weighted by Gasteiger charge is -1.71. The first-order valence-corrected chi connectivity index (χ1v) is 3.84. The van der Waals surface area contributed by atoms with Crippen molar-refractivity contribution in [3.05, 3.63) is 9.81 Å². The molecule has 0 aromatic heterocycles. The Balaban J connectivity index is 0.000000810. The average molecular weight is 192 g/mol. The van der Waals surface area contributed by atoms with Crippen LogP contribution in [0.15, 0.2) is 9.81 Å². The van der Waals surface area contributed by atoms with Crippen LogP contribution in [0.5, 0.6) is 0 Å². The monoisotopic (exact) mass is 191 g/mol. The molecule has 10 heavy (non-hydrogen) atoms. The lowest BCUT2D eigenvalue weighted by molar-refractivity contribution is -0.262. The van der Waals surface area contributed by atoms with E-state index in [1.807, 2.05) is 12.1 Å². The van der Waals surface area contributed by atoms with E-state index in [4.69, 9.17) is 10.5 Å². The molecule has 0 saturated carbocycles. The van der Waals surface area contributed by atoms with Crippen LogP contribution in [0.2, 0.25) is 0 Å². The van der Waals surface area contributed by atoms with Crippen molar-refractivity contribution in [3.63, 3.8) is 0 Å². The van der Waals surface area contributed by atoms with Crippen molar-refractivity contribution >= 4 is 23.9 Å². The third-order valence-electron chi connectivity index (χ3n) is 0.741. The van der Waals surface area contributed by atoms with Crippen LogP contribution in [0.3, 0.4) is 0 Å². The smallest absolute Gasteiger partial charge is 0.174 e. The van der Waals surface area contributed by atoms with Crippen molar-refractivity contribution in [3.8, 4) is 12.1 Å². The standard InChI is InChI=1S/C4HN3S2.ClH/c5-1-3-4(2-6)9-7-8-3;/h7H;1H. The molecule has 1 heterocycles. The minimum Gasteiger partial charge on any atom is -1.00 e. The van der Waals surface area contributed by atoms with Crippen LogP contribution in [-0.2, 0) is 0 Å². The van der Waals surface area contributed by atoms with E-state index >= 15 is 0 Å². The minimum atomic E-state index is 0. The van der Waals surface area contributed by atoms with Gasteiger partial charge in [0.25, 0.3) is 0 Å². The highest BCUT2D eigenvalue weighted by Crippen LogP contribution is 2.24. The summed E-state index contributed by atoms with van der Waals surface area (Å²) >= 11 is 2.62. The maximum absolute atomic E-state index is 8.35. The number of hydrogen-bond donors (Lipinski definition) is 1. The molecule has 2 N–H and O–H groups in total. The molecule has 0 aromatic carbocycles. The van der Waals surface area contributed by atoms with Gasteiger partial charge >= 0.3 is 0 Å². The summed E-state index contributed by atoms with van der Waals surface area (Å²) in [5.41, 5.74) is 0. The summed E-state index contributed by atoms with van der Waals surface area (Å²) in [5, 5.41) is 16.7. The van der Waals surface area contributed by atoms with Gasteiger partial charge in [0.1, 0.15) is 36.0 Å². The molecule has 1 rings (SSSR count). The second-order valence-electron chi connectivity index (χ2n) is 1.21. The van der Waals surface area contributed by atoms with E-state index in [1.54, 1.807) is 4.13 Å². The van der Waals surface area contributed by atoms with Crippen molar-refractivity contribution in [2.75, 3.05) is 0 Å². The topological polar surface area (TPSA) is 64.2 Å². The maximum Gasteiger partial charge on any atom is 0.174 e. The zero-order valence-corrected chi connectivity index (χ0v) is 7.06. The number of halogens is 1. The van der Waals surface area contributed by atoms with Crippen molar-refractivity contribution in [1.82, 2.24) is 0 Å². The fourth-order valence-electron chi connectivity index (χ4n) is 0.382. The molecule has 0 radical (unpaired) electrons. The van der Waals surface area contributed by atoms with Crippen molar-refractivity contribution < 1.29 is 16.5 Å². The lowest BCUT2D eigenvalue weighted by Crippen LogP contribution is -3.00. The van der Waals surface area contributed by atoms with E-state index < -0.39 is 0 Å². The highest BCUT2D eigenvalue weighted by molar-refractivity contribution is 8.11. The molecule has 0 saturated heterocycles. The first-order valence-electron chi connectivity index (χ1n) is 2.08. The molecule has 52 valence electrons. The highest BCUT2D eigenvalue weighted by Gasteiger charge is 2.21. The fraction of sp³-hybridized carbons (Fsp3) is 0. The van der Waals surface area contributed by atoms with Crippen molar-refractivity contribution in [2.24, 2.45) is 0 Å². The Morgan fingerprint density at radius 3 is 1.80 bits per heavy atom. The van der Waals surface area contributed by atoms with Gasteiger partial charge in [-0.05, 0) is 0 Å². The van der Waals surface area contributed by atoms with Gasteiger partial charge in [0.15, 0.2) is 9.81 Å². The Kier molecular flexibility index (Phi) is 4.33. The second kappa shape index (κ2) is 4.48. The van der Waals surface area contributed by atoms with Gasteiger partial charge in [0.05, 0.1) is 0 Å². The quantitative estimate of drug-likeness (QED) is 0.418. The Hall–Kier alpha value is -0.330. The number of allylic oxidation sites excluding steroid dienone is 2. The van der Waals surface area contributed by atoms with Crippen molar-refractivity contribution in [2.45, 2.75) is 0 Å². The summed E-state index contributed by atoms with van der Waals surface area (Å²) in [6, 6.07) is 3.87. The minimum absolute atomic E-state index is 0. The molecule has 0 atom stereocenters. The highest BCUT2D eigenvalue weighted by atomic mass is 35.5. The Labute approximate surface area is 73.1 Å². The van der Waals surface area contributed by atoms with Crippen LogP contribution in [0.1, 0.15) is 0 Å². The van der Waals surface area contributed by atoms with E-state index in [0.29, 0.717) is 9.81 Å². The number of nitriles is 2. The van der Waals surface area contributed by atoms with Gasteiger partial charge in [-0.2, -0.15) is 10.5 Å². The molecule has 0 amide bonds. The molecule has 0 bridgehead atoms. The van der Waals surface area contributed by atoms with E-state index in [1.165, 1.54) is 23.9 Å². The van der Waals surface area contributed by atoms with Gasteiger partial charge in [0.2, 0.25) is 0 Å². The Morgan fingerprint density at radius 2 is 1.50 bits per heavy atom. The molecule has 0 fully saturated rings. The normalized spacial score (nSPS) is 15.4. The van der Waals surface area contributed by atoms with Gasteiger partial charge in [-0.15, -0.1) is 0 Å². The van der Waals surface area contributed by atoms with Crippen LogP contribution in [0, 0.1) is 22.7 Å². The Morgan fingerprint density at radius 1 is 1.10 bits per heavy atom. The molecule has 6 heteroatoms. The Bertz CT molecular complexity index is 212. The lowest BCUT2D eigenvalue weighted by atomic mass is 10.5. The molecule has 1 aliphatic heterocycles. The molecule has 0 aliphatic carbocycles. The third kappa shape index (κ3) is 1.83. The first-order chi connectivity index (χ1) is 4.38. The van der Waals surface area contributed by atoms with Gasteiger partial charge < -0.3 is 12.4 Å². The van der Waals surface area contributed by atoms with Gasteiger partial charge in [0, 0.05) is 0 Å². The largest absolute Gasteiger partial charge is 1.00 e. The third-order valence-corrected chi connectivity index (χ3v) is 2.70. The molecular weight excluding hydrogens is 190 g/mol. The van der Waals surface area contributed by atoms with E-state index in [2.05, 4.69) is 0 Å². The van der Waals surface area contributed by atoms with Crippen LogP contribution < -0.4 is 16.5 Å². The SMILES string of the molecule is N#CC1=C(C#N)S[NH2+]S1.[Cl-]. The molecule has 0 spiro atoms. The zero-order valence-electron chi connectivity index (χ0n) is 4.67. The maximum atomic E-state index is 8.35. The van der Waals surface area contributed by atoms with Crippen LogP contribution in [0.4, 0.5) is 0 Å². The summed E-state index contributed by atoms with van der Waals surface area (Å²) in [6.07, 6.45) is 0. The van der Waals surface area contributed by atoms with Crippen LogP contribution >= 0.6 is 23.9 Å². The summed E-state index contributed by atoms with van der Waals surface area (Å²) in [5.74, 6) is 0. The van der Waals surface area contributed by atoms with Gasteiger partial charge in [-0.3, -0.25) is 0 Å². The van der Waals surface area contributed by atoms with Crippen LogP contribution in [0.25, 0.3) is 0 Å². The fourth-order valence-corrected chi connectivity index (χ4v) is 2.04. The molecule has 0 aromatic rings. The molecular formula is C4H2ClN3S2. The second-order valence-corrected chi connectivity index (χ2v) is 3.27. The van der Waals surface area contributed by atoms with Crippen LogP contribution in [-0.4, -0.2) is 0 Å². The number of hydrogen-bond acceptors (Lipinski definition) is 4. The summed E-state index contributed by atoms with van der Waals surface area (Å²) < 4.78 is 1.77. The molecule has 0 unspecified atom stereocenters. The number of nitrogens with two attached hydrogens (primary N) is 1. The summed E-state index contributed by atoms with van der Waals surface area (Å²) in [7, 11) is 0. The number of nitrogens with zero attached hydrogens (tertiary/aromatic N) is 2. The van der Waals surface area contributed by atoms with E-state index in [-0.39, 0.29) is 12.4 Å². The van der Waals surface area contributed by atoms with Gasteiger partial charge in [-0.1, -0.05) is 0 Å². The summed E-state index contributed by atoms with van der Waals surface area (Å²) in [4.78, 5) is 1.03. The number of quaternary nitrogens is 1. The molecule has 3 nitrogen and oxygen atoms in total. The summed E-state index contributed by atoms with van der Waals surface area (Å²) in [6.45, 7) is 0. The van der Waals surface area contributed by atoms with E-state index in [0.717, 1.165) is 0 Å². The first kappa shape index (κ1) is 9.67. The average Bonchev–Trinajstić information content (AvgIpc) is 2.33. The van der Waals surface area contributed by atoms with Crippen molar-refractivity contribution in [1.29, 1.82) is 10.5 Å². The predicted octanol–water partition coefficient (Wildman–Crippen LogP) is -2.88. The zero-order chi connectivity index (χ0) is 6.69. The van der Waals surface area contributed by atoms with Gasteiger partial charge in [-0.25, -0.2) is 4.13 Å². The van der Waals surface area contributed by atoms with E-state index in [9.17, 15) is 0 Å². The predicted molar refractivity (Wildman–Crippen MR) is 35.4 cm³/mol. The number of rotatable bonds is 0. The molecule has 1 aliphatic rings.